The van der Waals surface area contributed by atoms with Gasteiger partial charge in [-0.1, -0.05) is 38.1 Å². The van der Waals surface area contributed by atoms with Crippen molar-refractivity contribution in [2.24, 2.45) is 5.92 Å². The lowest BCUT2D eigenvalue weighted by atomic mass is 9.85. The van der Waals surface area contributed by atoms with Gasteiger partial charge < -0.3 is 5.11 Å². The van der Waals surface area contributed by atoms with Crippen LogP contribution in [0.4, 0.5) is 0 Å². The van der Waals surface area contributed by atoms with Crippen LogP contribution >= 0.6 is 0 Å². The fourth-order valence-electron chi connectivity index (χ4n) is 2.62. The van der Waals surface area contributed by atoms with Gasteiger partial charge in [-0.05, 0) is 42.7 Å². The van der Waals surface area contributed by atoms with Crippen LogP contribution in [-0.4, -0.2) is 5.11 Å². The maximum absolute atomic E-state index is 10.6. The van der Waals surface area contributed by atoms with E-state index in [1.807, 2.05) is 0 Å². The minimum Gasteiger partial charge on any atom is -0.385 e. The van der Waals surface area contributed by atoms with Gasteiger partial charge >= 0.3 is 0 Å². The molecule has 15 heavy (non-hydrogen) atoms. The van der Waals surface area contributed by atoms with Gasteiger partial charge in [0.25, 0.3) is 0 Å². The summed E-state index contributed by atoms with van der Waals surface area (Å²) in [5, 5.41) is 10.6. The summed E-state index contributed by atoms with van der Waals surface area (Å²) in [4.78, 5) is 0. The number of hydrogen-bond donors (Lipinski definition) is 1. The highest BCUT2D eigenvalue weighted by atomic mass is 16.3. The molecule has 1 aromatic carbocycles. The smallest absolute Gasteiger partial charge is 0.0921 e. The van der Waals surface area contributed by atoms with Crippen LogP contribution in [-0.2, 0) is 12.0 Å². The minimum atomic E-state index is -0.563. The fourth-order valence-corrected chi connectivity index (χ4v) is 2.62. The third-order valence-corrected chi connectivity index (χ3v) is 3.87. The van der Waals surface area contributed by atoms with Crippen LogP contribution in [0.2, 0.25) is 0 Å². The fraction of sp³-hybridized carbons (Fsp3) is 0.571. The first-order valence-electron chi connectivity index (χ1n) is 5.98. The number of benzene rings is 1. The number of rotatable bonds is 2. The summed E-state index contributed by atoms with van der Waals surface area (Å²) in [5.41, 5.74) is 1.88. The van der Waals surface area contributed by atoms with Crippen molar-refractivity contribution in [3.8, 4) is 0 Å². The van der Waals surface area contributed by atoms with E-state index in [9.17, 15) is 5.11 Å². The Bertz CT molecular complexity index is 328. The summed E-state index contributed by atoms with van der Waals surface area (Å²) in [6.45, 7) is 4.31. The molecule has 0 aromatic heterocycles. The van der Waals surface area contributed by atoms with Crippen molar-refractivity contribution in [1.29, 1.82) is 0 Å². The van der Waals surface area contributed by atoms with E-state index >= 15 is 0 Å². The predicted octanol–water partition coefficient (Wildman–Crippen LogP) is 3.26. The van der Waals surface area contributed by atoms with Gasteiger partial charge in [-0.2, -0.15) is 0 Å². The molecule has 0 aliphatic heterocycles. The van der Waals surface area contributed by atoms with Crippen LogP contribution in [0.25, 0.3) is 0 Å². The molecular weight excluding hydrogens is 184 g/mol. The molecule has 2 rings (SSSR count). The molecule has 0 saturated heterocycles. The Balaban J connectivity index is 2.28. The molecule has 1 heteroatoms. The van der Waals surface area contributed by atoms with Gasteiger partial charge in [-0.25, -0.2) is 0 Å². The van der Waals surface area contributed by atoms with E-state index in [2.05, 4.69) is 38.1 Å². The topological polar surface area (TPSA) is 20.2 Å². The number of aliphatic hydroxyl groups is 1. The second-order valence-electron chi connectivity index (χ2n) is 4.77. The molecule has 1 aliphatic rings. The molecule has 0 bridgehead atoms. The van der Waals surface area contributed by atoms with Crippen LogP contribution in [0.1, 0.15) is 44.2 Å². The zero-order valence-electron chi connectivity index (χ0n) is 9.66. The molecule has 1 N–H and O–H groups in total. The molecular formula is C14H20O. The number of hydrogen-bond acceptors (Lipinski definition) is 1. The van der Waals surface area contributed by atoms with Crippen molar-refractivity contribution >= 4 is 0 Å². The van der Waals surface area contributed by atoms with Gasteiger partial charge in [-0.3, -0.25) is 0 Å². The molecule has 1 aromatic rings. The Labute approximate surface area is 92.1 Å². The van der Waals surface area contributed by atoms with Gasteiger partial charge in [0.2, 0.25) is 0 Å². The monoisotopic (exact) mass is 204 g/mol. The highest BCUT2D eigenvalue weighted by Gasteiger charge is 2.39. The van der Waals surface area contributed by atoms with E-state index < -0.39 is 5.60 Å². The van der Waals surface area contributed by atoms with Gasteiger partial charge in [0.15, 0.2) is 0 Å². The standard InChI is InChI=1S/C14H20O/c1-3-12-6-8-13(9-7-12)14(15)10-4-5-11(14)2/h6-9,11,15H,3-5,10H2,1-2H3/t11-,14-/m0/s1. The van der Waals surface area contributed by atoms with Crippen LogP contribution in [0.5, 0.6) is 0 Å². The van der Waals surface area contributed by atoms with Crippen molar-refractivity contribution in [2.75, 3.05) is 0 Å². The first-order chi connectivity index (χ1) is 7.16. The maximum atomic E-state index is 10.6. The van der Waals surface area contributed by atoms with E-state index in [1.165, 1.54) is 5.56 Å². The summed E-state index contributed by atoms with van der Waals surface area (Å²) >= 11 is 0. The Morgan fingerprint density at radius 3 is 2.47 bits per heavy atom. The maximum Gasteiger partial charge on any atom is 0.0921 e. The van der Waals surface area contributed by atoms with Crippen molar-refractivity contribution in [1.82, 2.24) is 0 Å². The van der Waals surface area contributed by atoms with E-state index in [-0.39, 0.29) is 0 Å². The zero-order chi connectivity index (χ0) is 10.9. The molecule has 0 heterocycles. The first kappa shape index (κ1) is 10.7. The second-order valence-corrected chi connectivity index (χ2v) is 4.77. The molecule has 2 atom stereocenters. The van der Waals surface area contributed by atoms with Crippen molar-refractivity contribution < 1.29 is 5.11 Å². The Hall–Kier alpha value is -0.820. The molecule has 0 radical (unpaired) electrons. The third kappa shape index (κ3) is 1.81. The molecule has 1 aliphatic carbocycles. The van der Waals surface area contributed by atoms with Crippen LogP contribution in [0.3, 0.4) is 0 Å². The summed E-state index contributed by atoms with van der Waals surface area (Å²) in [6.07, 6.45) is 4.27. The van der Waals surface area contributed by atoms with Crippen molar-refractivity contribution in [3.05, 3.63) is 35.4 Å². The van der Waals surface area contributed by atoms with E-state index in [1.54, 1.807) is 0 Å². The summed E-state index contributed by atoms with van der Waals surface area (Å²) in [7, 11) is 0. The minimum absolute atomic E-state index is 0.393. The van der Waals surface area contributed by atoms with Crippen LogP contribution in [0.15, 0.2) is 24.3 Å². The molecule has 0 unspecified atom stereocenters. The normalized spacial score (nSPS) is 30.7. The average molecular weight is 204 g/mol. The van der Waals surface area contributed by atoms with Crippen molar-refractivity contribution in [2.45, 2.75) is 45.1 Å². The molecule has 1 nitrogen and oxygen atoms in total. The average Bonchev–Trinajstić information content (AvgIpc) is 2.61. The summed E-state index contributed by atoms with van der Waals surface area (Å²) in [6, 6.07) is 8.47. The molecule has 1 fully saturated rings. The molecule has 0 amide bonds. The van der Waals surface area contributed by atoms with Gasteiger partial charge in [-0.15, -0.1) is 0 Å². The van der Waals surface area contributed by atoms with Gasteiger partial charge in [0, 0.05) is 0 Å². The van der Waals surface area contributed by atoms with E-state index in [4.69, 9.17) is 0 Å². The predicted molar refractivity (Wildman–Crippen MR) is 62.7 cm³/mol. The first-order valence-corrected chi connectivity index (χ1v) is 5.98. The molecule has 82 valence electrons. The Kier molecular flexibility index (Phi) is 2.83. The Morgan fingerprint density at radius 2 is 2.00 bits per heavy atom. The van der Waals surface area contributed by atoms with Crippen molar-refractivity contribution in [3.63, 3.8) is 0 Å². The summed E-state index contributed by atoms with van der Waals surface area (Å²) in [5.74, 6) is 0.393. The van der Waals surface area contributed by atoms with Crippen LogP contribution in [0, 0.1) is 5.92 Å². The molecule has 0 spiro atoms. The lowest BCUT2D eigenvalue weighted by Gasteiger charge is -2.28. The third-order valence-electron chi connectivity index (χ3n) is 3.87. The molecule has 1 saturated carbocycles. The largest absolute Gasteiger partial charge is 0.385 e. The van der Waals surface area contributed by atoms with E-state index in [0.717, 1.165) is 31.2 Å². The van der Waals surface area contributed by atoms with Gasteiger partial charge in [0.1, 0.15) is 0 Å². The van der Waals surface area contributed by atoms with Gasteiger partial charge in [0.05, 0.1) is 5.60 Å². The van der Waals surface area contributed by atoms with Crippen LogP contribution < -0.4 is 0 Å². The lowest BCUT2D eigenvalue weighted by molar-refractivity contribution is 0.00448. The highest BCUT2D eigenvalue weighted by molar-refractivity contribution is 5.28. The summed E-state index contributed by atoms with van der Waals surface area (Å²) < 4.78 is 0. The highest BCUT2D eigenvalue weighted by Crippen LogP contribution is 2.43. The van der Waals surface area contributed by atoms with E-state index in [0.29, 0.717) is 5.92 Å². The quantitative estimate of drug-likeness (QED) is 0.784. The Morgan fingerprint density at radius 1 is 1.33 bits per heavy atom. The second kappa shape index (κ2) is 3.97. The lowest BCUT2D eigenvalue weighted by Crippen LogP contribution is -2.28. The SMILES string of the molecule is CCc1ccc([C@]2(O)CCC[C@@H]2C)cc1. The zero-order valence-corrected chi connectivity index (χ0v) is 9.66. The number of aryl methyl sites for hydroxylation is 1.